The average Bonchev–Trinajstić information content (AvgIpc) is 2.73. The van der Waals surface area contributed by atoms with Crippen LogP contribution in [0.15, 0.2) is 53.3 Å². The van der Waals surface area contributed by atoms with Crippen molar-refractivity contribution in [2.75, 3.05) is 16.5 Å². The van der Waals surface area contributed by atoms with Crippen LogP contribution in [0.1, 0.15) is 28.5 Å². The number of nitrogens with one attached hydrogen (secondary N) is 1. The molecule has 0 bridgehead atoms. The van der Waals surface area contributed by atoms with Crippen molar-refractivity contribution in [2.45, 2.75) is 26.6 Å². The predicted octanol–water partition coefficient (Wildman–Crippen LogP) is 5.04. The third-order valence-corrected chi connectivity index (χ3v) is 5.32. The highest BCUT2D eigenvalue weighted by Crippen LogP contribution is 2.40. The Bertz CT molecular complexity index is 1290. The molecule has 33 heavy (non-hydrogen) atoms. The Labute approximate surface area is 186 Å². The number of aromatic amines is 1. The minimum atomic E-state index is -4.90. The molecule has 3 aromatic rings. The summed E-state index contributed by atoms with van der Waals surface area (Å²) in [5.74, 6) is -1.41. The van der Waals surface area contributed by atoms with Gasteiger partial charge in [0.2, 0.25) is 5.56 Å². The van der Waals surface area contributed by atoms with Crippen molar-refractivity contribution in [3.8, 4) is 5.75 Å². The molecule has 0 saturated carbocycles. The van der Waals surface area contributed by atoms with Crippen molar-refractivity contribution in [3.05, 3.63) is 81.5 Å². The summed E-state index contributed by atoms with van der Waals surface area (Å²) < 4.78 is 56.2. The van der Waals surface area contributed by atoms with Crippen molar-refractivity contribution in [1.29, 1.82) is 0 Å². The van der Waals surface area contributed by atoms with Gasteiger partial charge in [0.1, 0.15) is 18.2 Å². The normalized spacial score (nSPS) is 13.8. The Hall–Kier alpha value is -3.82. The zero-order valence-electron chi connectivity index (χ0n) is 17.7. The van der Waals surface area contributed by atoms with Crippen LogP contribution >= 0.6 is 0 Å². The van der Waals surface area contributed by atoms with Gasteiger partial charge < -0.3 is 14.6 Å². The minimum Gasteiger partial charge on any atom is -0.406 e. The number of hydrogen-bond donors (Lipinski definition) is 1. The number of nitrogens with zero attached hydrogens (tertiary/aromatic N) is 2. The summed E-state index contributed by atoms with van der Waals surface area (Å²) in [5.41, 5.74) is 2.03. The van der Waals surface area contributed by atoms with Crippen molar-refractivity contribution < 1.29 is 27.1 Å². The van der Waals surface area contributed by atoms with Crippen LogP contribution in [-0.2, 0) is 6.42 Å². The number of hydrogen-bond acceptors (Lipinski definition) is 4. The first-order valence-corrected chi connectivity index (χ1v) is 10.0. The SMILES string of the molecule is CCc1[nH]c(=O)ccc1N1CN(c2ccc(F)cc2C)c2cc(OC(F)(F)F)ccc2C1=O. The molecule has 0 radical (unpaired) electrons. The van der Waals surface area contributed by atoms with Crippen molar-refractivity contribution >= 4 is 23.0 Å². The molecule has 1 aliphatic heterocycles. The molecular weight excluding hydrogens is 442 g/mol. The van der Waals surface area contributed by atoms with E-state index in [9.17, 15) is 27.2 Å². The van der Waals surface area contributed by atoms with Gasteiger partial charge in [-0.15, -0.1) is 13.2 Å². The number of amides is 1. The number of halogens is 4. The van der Waals surface area contributed by atoms with Gasteiger partial charge in [0.15, 0.2) is 0 Å². The Morgan fingerprint density at radius 3 is 2.36 bits per heavy atom. The molecule has 10 heteroatoms. The molecule has 0 spiro atoms. The van der Waals surface area contributed by atoms with E-state index in [1.807, 2.05) is 6.92 Å². The zero-order chi connectivity index (χ0) is 23.9. The number of aryl methyl sites for hydroxylation is 2. The number of alkyl halides is 3. The van der Waals surface area contributed by atoms with E-state index in [1.54, 1.807) is 11.8 Å². The van der Waals surface area contributed by atoms with Gasteiger partial charge in [0.25, 0.3) is 5.91 Å². The molecule has 0 unspecified atom stereocenters. The molecule has 1 amide bonds. The van der Waals surface area contributed by atoms with Crippen LogP contribution < -0.4 is 20.1 Å². The third kappa shape index (κ3) is 4.41. The maximum Gasteiger partial charge on any atom is 0.573 e. The maximum atomic E-state index is 13.7. The van der Waals surface area contributed by atoms with E-state index in [0.717, 1.165) is 12.1 Å². The van der Waals surface area contributed by atoms with Gasteiger partial charge in [-0.1, -0.05) is 6.92 Å². The molecule has 2 heterocycles. The number of rotatable bonds is 4. The molecule has 2 aromatic carbocycles. The van der Waals surface area contributed by atoms with E-state index >= 15 is 0 Å². The van der Waals surface area contributed by atoms with Gasteiger partial charge in [-0.25, -0.2) is 4.39 Å². The molecular formula is C23H19F4N3O3. The maximum absolute atomic E-state index is 13.7. The third-order valence-electron chi connectivity index (χ3n) is 5.32. The van der Waals surface area contributed by atoms with Crippen LogP contribution in [0.5, 0.6) is 5.75 Å². The van der Waals surface area contributed by atoms with Crippen LogP contribution in [0.2, 0.25) is 0 Å². The van der Waals surface area contributed by atoms with Gasteiger partial charge in [-0.05, 0) is 55.3 Å². The fourth-order valence-electron chi connectivity index (χ4n) is 3.89. The first-order valence-electron chi connectivity index (χ1n) is 10.0. The van der Waals surface area contributed by atoms with Gasteiger partial charge in [0, 0.05) is 23.5 Å². The van der Waals surface area contributed by atoms with Crippen LogP contribution in [0.4, 0.5) is 34.6 Å². The first-order chi connectivity index (χ1) is 15.6. The summed E-state index contributed by atoms with van der Waals surface area (Å²) in [7, 11) is 0. The summed E-state index contributed by atoms with van der Waals surface area (Å²) in [6.07, 6.45) is -4.46. The molecule has 0 saturated heterocycles. The van der Waals surface area contributed by atoms with Crippen LogP contribution in [0.25, 0.3) is 0 Å². The number of carbonyl (C=O) groups is 1. The number of fused-ring (bicyclic) bond motifs is 1. The minimum absolute atomic E-state index is 0.0766. The Balaban J connectivity index is 1.89. The highest BCUT2D eigenvalue weighted by Gasteiger charge is 2.35. The summed E-state index contributed by atoms with van der Waals surface area (Å²) in [5, 5.41) is 0. The summed E-state index contributed by atoms with van der Waals surface area (Å²) in [6.45, 7) is 3.40. The number of pyridine rings is 1. The molecule has 0 fully saturated rings. The lowest BCUT2D eigenvalue weighted by Crippen LogP contribution is -2.45. The smallest absolute Gasteiger partial charge is 0.406 e. The van der Waals surface area contributed by atoms with E-state index < -0.39 is 23.8 Å². The monoisotopic (exact) mass is 461 g/mol. The standard InChI is InChI=1S/C23H19F4N3O3/c1-3-17-19(8-9-21(31)28-17)30-12-29(18-7-4-14(24)10-13(18)2)20-11-15(33-23(25,26)27)5-6-16(20)22(30)32/h4-11H,3,12H2,1-2H3,(H,28,31). The number of ether oxygens (including phenoxy) is 1. The van der Waals surface area contributed by atoms with Gasteiger partial charge in [0.05, 0.1) is 16.9 Å². The lowest BCUT2D eigenvalue weighted by atomic mass is 10.0. The van der Waals surface area contributed by atoms with Crippen LogP contribution in [0, 0.1) is 12.7 Å². The lowest BCUT2D eigenvalue weighted by molar-refractivity contribution is -0.274. The Morgan fingerprint density at radius 1 is 0.970 bits per heavy atom. The zero-order valence-corrected chi connectivity index (χ0v) is 17.7. The molecule has 1 aromatic heterocycles. The van der Waals surface area contributed by atoms with E-state index in [4.69, 9.17) is 0 Å². The number of anilines is 3. The molecule has 6 nitrogen and oxygen atoms in total. The number of carbonyl (C=O) groups excluding carboxylic acids is 1. The summed E-state index contributed by atoms with van der Waals surface area (Å²) in [6, 6.07) is 10.3. The highest BCUT2D eigenvalue weighted by atomic mass is 19.4. The predicted molar refractivity (Wildman–Crippen MR) is 115 cm³/mol. The average molecular weight is 461 g/mol. The second kappa shape index (κ2) is 8.27. The fraction of sp³-hybridized carbons (Fsp3) is 0.217. The lowest BCUT2D eigenvalue weighted by Gasteiger charge is -2.39. The van der Waals surface area contributed by atoms with Crippen molar-refractivity contribution in [1.82, 2.24) is 4.98 Å². The number of H-pyrrole nitrogens is 1. The quantitative estimate of drug-likeness (QED) is 0.553. The van der Waals surface area contributed by atoms with Gasteiger partial charge in [-0.2, -0.15) is 0 Å². The highest BCUT2D eigenvalue weighted by molar-refractivity contribution is 6.13. The molecule has 172 valence electrons. The number of aromatic nitrogens is 1. The summed E-state index contributed by atoms with van der Waals surface area (Å²) >= 11 is 0. The fourth-order valence-corrected chi connectivity index (χ4v) is 3.89. The molecule has 1 aliphatic rings. The van der Waals surface area contributed by atoms with E-state index in [-0.39, 0.29) is 23.5 Å². The molecule has 0 aliphatic carbocycles. The second-order valence-corrected chi connectivity index (χ2v) is 7.50. The Morgan fingerprint density at radius 2 is 1.70 bits per heavy atom. The van der Waals surface area contributed by atoms with Crippen molar-refractivity contribution in [2.24, 2.45) is 0 Å². The molecule has 4 rings (SSSR count). The van der Waals surface area contributed by atoms with Gasteiger partial charge >= 0.3 is 6.36 Å². The topological polar surface area (TPSA) is 65.6 Å². The molecule has 1 N–H and O–H groups in total. The van der Waals surface area contributed by atoms with Gasteiger partial charge in [-0.3, -0.25) is 14.5 Å². The van der Waals surface area contributed by atoms with Crippen LogP contribution in [-0.4, -0.2) is 23.9 Å². The second-order valence-electron chi connectivity index (χ2n) is 7.50. The van der Waals surface area contributed by atoms with Crippen molar-refractivity contribution in [3.63, 3.8) is 0 Å². The van der Waals surface area contributed by atoms with E-state index in [2.05, 4.69) is 9.72 Å². The van der Waals surface area contributed by atoms with E-state index in [1.165, 1.54) is 41.3 Å². The Kier molecular flexibility index (Phi) is 5.61. The molecule has 0 atom stereocenters. The van der Waals surface area contributed by atoms with Crippen LogP contribution in [0.3, 0.4) is 0 Å². The number of benzene rings is 2. The summed E-state index contributed by atoms with van der Waals surface area (Å²) in [4.78, 5) is 30.9. The van der Waals surface area contributed by atoms with E-state index in [0.29, 0.717) is 29.1 Å². The first kappa shape index (κ1) is 22.4. The largest absolute Gasteiger partial charge is 0.573 e.